The summed E-state index contributed by atoms with van der Waals surface area (Å²) in [6.45, 7) is 0. The maximum absolute atomic E-state index is 11.3. The van der Waals surface area contributed by atoms with Gasteiger partial charge in [0.25, 0.3) is 0 Å². The average molecular weight is 268 g/mol. The number of carbonyl (C=O) groups is 1. The molecular weight excluding hydrogens is 252 g/mol. The van der Waals surface area contributed by atoms with Gasteiger partial charge < -0.3 is 9.84 Å². The van der Waals surface area contributed by atoms with Gasteiger partial charge in [0.15, 0.2) is 0 Å². The molecule has 0 spiro atoms. The number of rotatable bonds is 5. The zero-order valence-electron chi connectivity index (χ0n) is 11.1. The summed E-state index contributed by atoms with van der Waals surface area (Å²) in [5, 5.41) is 9.30. The van der Waals surface area contributed by atoms with E-state index in [4.69, 9.17) is 4.74 Å². The summed E-state index contributed by atoms with van der Waals surface area (Å²) >= 11 is 0. The topological polar surface area (TPSA) is 46.5 Å². The van der Waals surface area contributed by atoms with Crippen LogP contribution in [0.5, 0.6) is 11.5 Å². The first-order valence-electron chi connectivity index (χ1n) is 6.74. The molecule has 20 heavy (non-hydrogen) atoms. The third-order valence-corrected chi connectivity index (χ3v) is 3.78. The largest absolute Gasteiger partial charge is 0.481 e. The Balaban J connectivity index is 1.84. The summed E-state index contributed by atoms with van der Waals surface area (Å²) in [6, 6.07) is 17.2. The molecule has 0 radical (unpaired) electrons. The average Bonchev–Trinajstić information content (AvgIpc) is 3.23. The van der Waals surface area contributed by atoms with Crippen LogP contribution in [-0.2, 0) is 11.2 Å². The fraction of sp³-hybridized carbons (Fsp3) is 0.235. The monoisotopic (exact) mass is 268 g/mol. The van der Waals surface area contributed by atoms with Crippen LogP contribution in [-0.4, -0.2) is 11.1 Å². The first-order chi connectivity index (χ1) is 9.70. The number of carboxylic acid groups (broad SMARTS) is 1. The Kier molecular flexibility index (Phi) is 3.18. The van der Waals surface area contributed by atoms with Crippen molar-refractivity contribution in [3.8, 4) is 11.5 Å². The predicted octanol–water partition coefficient (Wildman–Crippen LogP) is 3.89. The van der Waals surface area contributed by atoms with Gasteiger partial charge in [0.05, 0.1) is 5.41 Å². The minimum Gasteiger partial charge on any atom is -0.481 e. The summed E-state index contributed by atoms with van der Waals surface area (Å²) in [5.41, 5.74) is 0.382. The second-order valence-electron chi connectivity index (χ2n) is 5.29. The molecule has 1 aliphatic rings. The second-order valence-corrected chi connectivity index (χ2v) is 5.29. The third-order valence-electron chi connectivity index (χ3n) is 3.78. The molecular formula is C17H16O3. The number of carboxylic acids is 1. The van der Waals surface area contributed by atoms with Crippen LogP contribution in [0.3, 0.4) is 0 Å². The summed E-state index contributed by atoms with van der Waals surface area (Å²) < 4.78 is 5.87. The lowest BCUT2D eigenvalue weighted by molar-refractivity contribution is -0.143. The first kappa shape index (κ1) is 12.7. The molecule has 1 fully saturated rings. The van der Waals surface area contributed by atoms with Gasteiger partial charge in [-0.2, -0.15) is 0 Å². The van der Waals surface area contributed by atoms with Gasteiger partial charge in [-0.05, 0) is 43.0 Å². The van der Waals surface area contributed by atoms with Crippen molar-refractivity contribution in [1.82, 2.24) is 0 Å². The van der Waals surface area contributed by atoms with E-state index in [2.05, 4.69) is 0 Å². The minimum absolute atomic E-state index is 0.533. The highest BCUT2D eigenvalue weighted by Crippen LogP contribution is 2.49. The highest BCUT2D eigenvalue weighted by Gasteiger charge is 2.50. The highest BCUT2D eigenvalue weighted by molar-refractivity contribution is 5.78. The van der Waals surface area contributed by atoms with Crippen molar-refractivity contribution < 1.29 is 14.6 Å². The summed E-state index contributed by atoms with van der Waals surface area (Å²) in [6.07, 6.45) is 2.04. The molecule has 3 rings (SSSR count). The Labute approximate surface area is 117 Å². The molecule has 0 aliphatic heterocycles. The normalized spacial score (nSPS) is 15.6. The van der Waals surface area contributed by atoms with Gasteiger partial charge in [-0.15, -0.1) is 0 Å². The fourth-order valence-electron chi connectivity index (χ4n) is 2.35. The van der Waals surface area contributed by atoms with Gasteiger partial charge in [0.1, 0.15) is 11.5 Å². The summed E-state index contributed by atoms with van der Waals surface area (Å²) in [5.74, 6) is 0.804. The molecule has 0 atom stereocenters. The van der Waals surface area contributed by atoms with Crippen LogP contribution in [0.4, 0.5) is 0 Å². The van der Waals surface area contributed by atoms with Gasteiger partial charge in [-0.25, -0.2) is 0 Å². The van der Waals surface area contributed by atoms with Gasteiger partial charge in [-0.3, -0.25) is 4.79 Å². The number of hydrogen-bond donors (Lipinski definition) is 1. The molecule has 1 aliphatic carbocycles. The van der Waals surface area contributed by atoms with Crippen molar-refractivity contribution >= 4 is 5.97 Å². The lowest BCUT2D eigenvalue weighted by Gasteiger charge is -2.14. The van der Waals surface area contributed by atoms with Crippen molar-refractivity contribution in [3.05, 3.63) is 60.2 Å². The Hall–Kier alpha value is -2.29. The van der Waals surface area contributed by atoms with E-state index in [1.807, 2.05) is 54.6 Å². The summed E-state index contributed by atoms with van der Waals surface area (Å²) in [7, 11) is 0. The van der Waals surface area contributed by atoms with Crippen LogP contribution in [0.25, 0.3) is 0 Å². The molecule has 0 saturated heterocycles. The van der Waals surface area contributed by atoms with Crippen molar-refractivity contribution in [3.63, 3.8) is 0 Å². The minimum atomic E-state index is -0.702. The standard InChI is InChI=1S/C17H16O3/c18-16(19)17(10-11-17)12-13-6-4-5-9-15(13)20-14-7-2-1-3-8-14/h1-9H,10-12H2,(H,18,19). The Bertz CT molecular complexity index is 615. The van der Waals surface area contributed by atoms with Gasteiger partial charge >= 0.3 is 5.97 Å². The van der Waals surface area contributed by atoms with Crippen LogP contribution < -0.4 is 4.74 Å². The molecule has 0 aromatic heterocycles. The van der Waals surface area contributed by atoms with Crippen molar-refractivity contribution in [2.24, 2.45) is 5.41 Å². The van der Waals surface area contributed by atoms with Crippen molar-refractivity contribution in [2.45, 2.75) is 19.3 Å². The van der Waals surface area contributed by atoms with Crippen LogP contribution in [0.1, 0.15) is 18.4 Å². The number of hydrogen-bond acceptors (Lipinski definition) is 2. The Morgan fingerprint density at radius 1 is 1.05 bits per heavy atom. The second kappa shape index (κ2) is 5.00. The van der Waals surface area contributed by atoms with E-state index < -0.39 is 11.4 Å². The van der Waals surface area contributed by atoms with Gasteiger partial charge in [0, 0.05) is 0 Å². The molecule has 3 nitrogen and oxygen atoms in total. The Morgan fingerprint density at radius 2 is 1.70 bits per heavy atom. The number of benzene rings is 2. The first-order valence-corrected chi connectivity index (χ1v) is 6.74. The van der Waals surface area contributed by atoms with Crippen molar-refractivity contribution in [1.29, 1.82) is 0 Å². The number of aliphatic carboxylic acids is 1. The molecule has 3 heteroatoms. The zero-order chi connectivity index (χ0) is 14.0. The maximum atomic E-state index is 11.3. The van der Waals surface area contributed by atoms with Crippen LogP contribution >= 0.6 is 0 Å². The molecule has 1 saturated carbocycles. The lowest BCUT2D eigenvalue weighted by atomic mass is 9.96. The van der Waals surface area contributed by atoms with Crippen molar-refractivity contribution in [2.75, 3.05) is 0 Å². The molecule has 2 aromatic carbocycles. The highest BCUT2D eigenvalue weighted by atomic mass is 16.5. The number of ether oxygens (including phenoxy) is 1. The van der Waals surface area contributed by atoms with E-state index in [1.165, 1.54) is 0 Å². The quantitative estimate of drug-likeness (QED) is 0.895. The third kappa shape index (κ3) is 2.52. The molecule has 0 heterocycles. The van der Waals surface area contributed by atoms with E-state index in [-0.39, 0.29) is 0 Å². The SMILES string of the molecule is O=C(O)C1(Cc2ccccc2Oc2ccccc2)CC1. The van der Waals surface area contributed by atoms with Crippen LogP contribution in [0.15, 0.2) is 54.6 Å². The maximum Gasteiger partial charge on any atom is 0.309 e. The fourth-order valence-corrected chi connectivity index (χ4v) is 2.35. The number of para-hydroxylation sites is 2. The predicted molar refractivity (Wildman–Crippen MR) is 76.0 cm³/mol. The molecule has 2 aromatic rings. The van der Waals surface area contributed by atoms with Gasteiger partial charge in [-0.1, -0.05) is 36.4 Å². The lowest BCUT2D eigenvalue weighted by Crippen LogP contribution is -2.17. The zero-order valence-corrected chi connectivity index (χ0v) is 11.1. The molecule has 0 unspecified atom stereocenters. The van der Waals surface area contributed by atoms with E-state index in [9.17, 15) is 9.90 Å². The molecule has 102 valence electrons. The summed E-state index contributed by atoms with van der Waals surface area (Å²) in [4.78, 5) is 11.3. The van der Waals surface area contributed by atoms with E-state index >= 15 is 0 Å². The Morgan fingerprint density at radius 3 is 2.35 bits per heavy atom. The van der Waals surface area contributed by atoms with Crippen LogP contribution in [0.2, 0.25) is 0 Å². The van der Waals surface area contributed by atoms with E-state index in [0.29, 0.717) is 6.42 Å². The van der Waals surface area contributed by atoms with Gasteiger partial charge in [0.2, 0.25) is 0 Å². The van der Waals surface area contributed by atoms with E-state index in [0.717, 1.165) is 29.9 Å². The molecule has 1 N–H and O–H groups in total. The smallest absolute Gasteiger partial charge is 0.309 e. The van der Waals surface area contributed by atoms with Crippen LogP contribution in [0, 0.1) is 5.41 Å². The molecule has 0 bridgehead atoms. The molecule has 0 amide bonds. The van der Waals surface area contributed by atoms with E-state index in [1.54, 1.807) is 0 Å².